The van der Waals surface area contributed by atoms with E-state index in [9.17, 15) is 9.90 Å². The molecule has 7 heteroatoms. The number of carbonyl (C=O) groups is 1. The topological polar surface area (TPSA) is 126 Å². The number of fused-ring (bicyclic) bond motifs is 8. The Hall–Kier alpha value is -4.13. The first kappa shape index (κ1) is 25.5. The quantitative estimate of drug-likeness (QED) is 0.246. The molecule has 0 aromatic carbocycles. The Morgan fingerprint density at radius 2 is 1.47 bits per heavy atom. The minimum Gasteiger partial charge on any atom is -0.481 e. The molecule has 4 aromatic heterocycles. The molecule has 1 aliphatic heterocycles. The van der Waals surface area contributed by atoms with Gasteiger partial charge in [0.1, 0.15) is 0 Å². The highest BCUT2D eigenvalue weighted by Crippen LogP contribution is 2.24. The predicted octanol–water partition coefficient (Wildman–Crippen LogP) is 2.29. The maximum atomic E-state index is 11.4. The number of aromatic amines is 4. The van der Waals surface area contributed by atoms with Crippen molar-refractivity contribution in [1.82, 2.24) is 19.9 Å². The van der Waals surface area contributed by atoms with Crippen LogP contribution in [0.1, 0.15) is 82.0 Å². The molecule has 4 aromatic rings. The van der Waals surface area contributed by atoms with Crippen LogP contribution in [0.25, 0.3) is 23.9 Å². The molecule has 0 aliphatic carbocycles. The summed E-state index contributed by atoms with van der Waals surface area (Å²) in [7, 11) is 0. The number of nitrogens with one attached hydrogen (secondary N) is 4. The van der Waals surface area contributed by atoms with Crippen LogP contribution in [-0.2, 0) is 24.1 Å². The maximum Gasteiger partial charge on any atom is 0.303 e. The molecule has 0 fully saturated rings. The van der Waals surface area contributed by atoms with Gasteiger partial charge in [-0.05, 0) is 110 Å². The number of aliphatic carboxylic acids is 1. The van der Waals surface area contributed by atoms with Gasteiger partial charge in [0.2, 0.25) is 0 Å². The lowest BCUT2D eigenvalue weighted by molar-refractivity contribution is -0.136. The second kappa shape index (κ2) is 9.63. The van der Waals surface area contributed by atoms with E-state index >= 15 is 0 Å². The number of aromatic nitrogens is 4. The van der Waals surface area contributed by atoms with E-state index in [0.717, 1.165) is 79.3 Å². The van der Waals surface area contributed by atoms with Crippen LogP contribution in [0.5, 0.6) is 0 Å². The molecule has 5 heterocycles. The van der Waals surface area contributed by atoms with Gasteiger partial charge < -0.3 is 30.8 Å². The van der Waals surface area contributed by atoms with Crippen molar-refractivity contribution in [2.45, 2.75) is 67.2 Å². The number of carboxylic acid groups (broad SMARTS) is 1. The summed E-state index contributed by atoms with van der Waals surface area (Å²) in [5.74, 6) is -0.802. The van der Waals surface area contributed by atoms with Crippen molar-refractivity contribution in [1.29, 1.82) is 0 Å². The summed E-state index contributed by atoms with van der Waals surface area (Å²) in [5, 5.41) is 13.3. The van der Waals surface area contributed by atoms with Crippen LogP contribution in [0.2, 0.25) is 0 Å². The predicted molar refractivity (Wildman–Crippen MR) is 153 cm³/mol. The van der Waals surface area contributed by atoms with Gasteiger partial charge in [-0.2, -0.15) is 0 Å². The smallest absolute Gasteiger partial charge is 0.303 e. The highest BCUT2D eigenvalue weighted by atomic mass is 16.4. The summed E-state index contributed by atoms with van der Waals surface area (Å²) in [6.07, 6.45) is 8.64. The van der Waals surface area contributed by atoms with Gasteiger partial charge in [-0.25, -0.2) is 0 Å². The summed E-state index contributed by atoms with van der Waals surface area (Å²) < 4.78 is 0. The number of nitrogens with two attached hydrogens (primary N) is 1. The summed E-state index contributed by atoms with van der Waals surface area (Å²) >= 11 is 0. The van der Waals surface area contributed by atoms with Crippen molar-refractivity contribution in [3.63, 3.8) is 0 Å². The van der Waals surface area contributed by atoms with Crippen molar-refractivity contribution in [2.24, 2.45) is 5.73 Å². The molecule has 0 unspecified atom stereocenters. The largest absolute Gasteiger partial charge is 0.481 e. The molecule has 0 saturated carbocycles. The van der Waals surface area contributed by atoms with E-state index in [1.807, 2.05) is 0 Å². The SMILES string of the molecule is CCc1c2[nH]c(c1C)C(N)=c1[nH]c(c(C)c1CC)=Cc1[nH]c(c(CCC(=O)O)c1C)C=c1cc(C)c([nH]1)=C2. The first-order valence-electron chi connectivity index (χ1n) is 13.4. The minimum atomic E-state index is -0.802. The van der Waals surface area contributed by atoms with Crippen LogP contribution in [0.4, 0.5) is 0 Å². The number of aryl methyl sites for hydroxylation is 1. The van der Waals surface area contributed by atoms with Crippen LogP contribution >= 0.6 is 0 Å². The van der Waals surface area contributed by atoms with Crippen LogP contribution in [0, 0.1) is 27.7 Å². The number of rotatable bonds is 5. The van der Waals surface area contributed by atoms with Crippen LogP contribution in [-0.4, -0.2) is 31.0 Å². The van der Waals surface area contributed by atoms with Crippen molar-refractivity contribution < 1.29 is 9.90 Å². The lowest BCUT2D eigenvalue weighted by Gasteiger charge is -2.03. The Balaban J connectivity index is 1.92. The van der Waals surface area contributed by atoms with Gasteiger partial charge in [0.05, 0.1) is 16.7 Å². The second-order valence-electron chi connectivity index (χ2n) is 10.4. The molecule has 7 N–H and O–H groups in total. The highest BCUT2D eigenvalue weighted by Gasteiger charge is 2.18. The molecule has 7 nitrogen and oxygen atoms in total. The van der Waals surface area contributed by atoms with Gasteiger partial charge in [-0.1, -0.05) is 13.8 Å². The van der Waals surface area contributed by atoms with Crippen molar-refractivity contribution in [3.8, 4) is 0 Å². The molecule has 198 valence electrons. The van der Waals surface area contributed by atoms with Crippen LogP contribution in [0.15, 0.2) is 6.07 Å². The van der Waals surface area contributed by atoms with Gasteiger partial charge in [0.25, 0.3) is 0 Å². The van der Waals surface area contributed by atoms with Crippen molar-refractivity contribution >= 4 is 29.9 Å². The third-order valence-corrected chi connectivity index (χ3v) is 8.07. The van der Waals surface area contributed by atoms with E-state index in [1.165, 1.54) is 16.7 Å². The first-order chi connectivity index (χ1) is 18.1. The van der Waals surface area contributed by atoms with E-state index in [2.05, 4.69) is 85.8 Å². The van der Waals surface area contributed by atoms with E-state index in [1.54, 1.807) is 0 Å². The van der Waals surface area contributed by atoms with E-state index in [0.29, 0.717) is 12.1 Å². The number of hydrogen-bond acceptors (Lipinski definition) is 2. The molecule has 0 atom stereocenters. The van der Waals surface area contributed by atoms with Crippen molar-refractivity contribution in [3.05, 3.63) is 89.2 Å². The molecular weight excluding hydrogens is 474 g/mol. The lowest BCUT2D eigenvalue weighted by atomic mass is 10.0. The first-order valence-corrected chi connectivity index (χ1v) is 13.4. The number of H-pyrrole nitrogens is 4. The van der Waals surface area contributed by atoms with Gasteiger partial charge in [-0.15, -0.1) is 0 Å². The van der Waals surface area contributed by atoms with Crippen LogP contribution < -0.4 is 27.1 Å². The summed E-state index contributed by atoms with van der Waals surface area (Å²) in [6, 6.07) is 2.13. The fraction of sp³-hybridized carbons (Fsp3) is 0.323. The summed E-state index contributed by atoms with van der Waals surface area (Å²) in [6.45, 7) is 12.7. The van der Waals surface area contributed by atoms with Gasteiger partial charge in [0, 0.05) is 39.5 Å². The zero-order chi connectivity index (χ0) is 27.3. The maximum absolute atomic E-state index is 11.4. The monoisotopic (exact) mass is 511 g/mol. The van der Waals surface area contributed by atoms with E-state index < -0.39 is 5.97 Å². The van der Waals surface area contributed by atoms with Crippen molar-refractivity contribution in [2.75, 3.05) is 0 Å². The molecule has 0 amide bonds. The molecule has 1 aliphatic rings. The van der Waals surface area contributed by atoms with Gasteiger partial charge in [-0.3, -0.25) is 4.79 Å². The molecule has 5 rings (SSSR count). The number of carboxylic acids is 1. The average molecular weight is 512 g/mol. The Morgan fingerprint density at radius 1 is 0.789 bits per heavy atom. The Bertz CT molecular complexity index is 1820. The standard InChI is InChI=1S/C31H37N5O2/c1-7-20-18(6)30-29(32)31-21(8-2)16(4)25(35-31)14-24-17(5)22(9-10-28(37)38)26(34-24)12-19-11-15(3)23(33-19)13-27(20)36-30/h11-14,33-36H,7-10,32H2,1-6H3,(H,37,38). The zero-order valence-corrected chi connectivity index (χ0v) is 23.1. The Labute approximate surface area is 221 Å². The molecule has 0 spiro atoms. The molecule has 38 heavy (non-hydrogen) atoms. The normalized spacial score (nSPS) is 12.7. The van der Waals surface area contributed by atoms with Gasteiger partial charge in [0.15, 0.2) is 0 Å². The molecule has 0 radical (unpaired) electrons. The fourth-order valence-electron chi connectivity index (χ4n) is 5.87. The highest BCUT2D eigenvalue weighted by molar-refractivity contribution is 5.70. The molecule has 8 bridgehead atoms. The second-order valence-corrected chi connectivity index (χ2v) is 10.4. The Kier molecular flexibility index (Phi) is 6.47. The molecular formula is C31H37N5O2. The van der Waals surface area contributed by atoms with E-state index in [4.69, 9.17) is 5.73 Å². The lowest BCUT2D eigenvalue weighted by Crippen LogP contribution is -2.21. The van der Waals surface area contributed by atoms with E-state index in [-0.39, 0.29) is 6.42 Å². The average Bonchev–Trinajstić information content (AvgIpc) is 3.56. The number of hydrogen-bond donors (Lipinski definition) is 6. The zero-order valence-electron chi connectivity index (χ0n) is 23.1. The minimum absolute atomic E-state index is 0.0764. The Morgan fingerprint density at radius 3 is 2.16 bits per heavy atom. The van der Waals surface area contributed by atoms with Crippen LogP contribution in [0.3, 0.4) is 0 Å². The third-order valence-electron chi connectivity index (χ3n) is 8.07. The molecule has 0 saturated heterocycles. The fourth-order valence-corrected chi connectivity index (χ4v) is 5.87. The van der Waals surface area contributed by atoms with Gasteiger partial charge >= 0.3 is 5.97 Å². The summed E-state index contributed by atoms with van der Waals surface area (Å²) in [5.41, 5.74) is 19.5. The summed E-state index contributed by atoms with van der Waals surface area (Å²) in [4.78, 5) is 25.8. The third kappa shape index (κ3) is 4.22.